The molecular formula is C20H21FN2O3. The van der Waals surface area contributed by atoms with Gasteiger partial charge in [-0.25, -0.2) is 4.39 Å². The van der Waals surface area contributed by atoms with E-state index < -0.39 is 17.8 Å². The Balaban J connectivity index is 1.60. The highest BCUT2D eigenvalue weighted by Gasteiger charge is 2.28. The molecule has 2 atom stereocenters. The van der Waals surface area contributed by atoms with Gasteiger partial charge in [0.2, 0.25) is 5.91 Å². The van der Waals surface area contributed by atoms with Crippen molar-refractivity contribution < 1.29 is 18.7 Å². The zero-order valence-corrected chi connectivity index (χ0v) is 14.5. The third kappa shape index (κ3) is 4.26. The summed E-state index contributed by atoms with van der Waals surface area (Å²) in [5, 5.41) is 2.67. The summed E-state index contributed by atoms with van der Waals surface area (Å²) >= 11 is 0. The molecule has 2 aromatic carbocycles. The largest absolute Gasteiger partial charge is 0.370 e. The molecule has 1 heterocycles. The summed E-state index contributed by atoms with van der Waals surface area (Å²) in [6.45, 7) is 3.03. The Morgan fingerprint density at radius 2 is 1.85 bits per heavy atom. The topological polar surface area (TPSA) is 58.6 Å². The fourth-order valence-electron chi connectivity index (χ4n) is 2.94. The second-order valence-electron chi connectivity index (χ2n) is 6.26. The van der Waals surface area contributed by atoms with Crippen molar-refractivity contribution in [1.29, 1.82) is 0 Å². The number of morpholine rings is 1. The Kier molecular flexibility index (Phi) is 5.63. The molecule has 0 aliphatic carbocycles. The van der Waals surface area contributed by atoms with Crippen molar-refractivity contribution in [3.63, 3.8) is 0 Å². The molecule has 1 aliphatic heterocycles. The van der Waals surface area contributed by atoms with E-state index in [1.54, 1.807) is 11.8 Å². The van der Waals surface area contributed by atoms with E-state index in [-0.39, 0.29) is 12.0 Å². The summed E-state index contributed by atoms with van der Waals surface area (Å²) in [5.74, 6) is -0.977. The molecule has 6 heteroatoms. The van der Waals surface area contributed by atoms with E-state index in [4.69, 9.17) is 4.74 Å². The number of carbonyl (C=O) groups excluding carboxylic acids is 2. The van der Waals surface area contributed by atoms with Crippen molar-refractivity contribution >= 4 is 11.8 Å². The molecule has 2 aromatic rings. The highest BCUT2D eigenvalue weighted by atomic mass is 19.1. The van der Waals surface area contributed by atoms with Gasteiger partial charge in [0.1, 0.15) is 18.0 Å². The van der Waals surface area contributed by atoms with Crippen LogP contribution in [-0.4, -0.2) is 42.5 Å². The number of hydrogen-bond donors (Lipinski definition) is 1. The summed E-state index contributed by atoms with van der Waals surface area (Å²) < 4.78 is 18.7. The van der Waals surface area contributed by atoms with Gasteiger partial charge in [0.25, 0.3) is 5.91 Å². The molecule has 0 bridgehead atoms. The molecule has 0 saturated carbocycles. The van der Waals surface area contributed by atoms with Crippen LogP contribution >= 0.6 is 0 Å². The third-order valence-electron chi connectivity index (χ3n) is 4.37. The van der Waals surface area contributed by atoms with Gasteiger partial charge in [0.15, 0.2) is 0 Å². The van der Waals surface area contributed by atoms with Gasteiger partial charge in [0, 0.05) is 12.1 Å². The zero-order chi connectivity index (χ0) is 18.5. The van der Waals surface area contributed by atoms with Gasteiger partial charge in [-0.3, -0.25) is 9.59 Å². The van der Waals surface area contributed by atoms with Crippen LogP contribution in [0.25, 0.3) is 0 Å². The molecule has 5 nitrogen and oxygen atoms in total. The van der Waals surface area contributed by atoms with Gasteiger partial charge >= 0.3 is 0 Å². The average molecular weight is 356 g/mol. The van der Waals surface area contributed by atoms with Gasteiger partial charge in [-0.2, -0.15) is 0 Å². The first-order valence-corrected chi connectivity index (χ1v) is 8.56. The number of benzene rings is 2. The summed E-state index contributed by atoms with van der Waals surface area (Å²) in [4.78, 5) is 26.6. The first kappa shape index (κ1) is 18.1. The molecule has 1 fully saturated rings. The fourth-order valence-corrected chi connectivity index (χ4v) is 2.94. The SMILES string of the molecule is C[C@H](NC(=O)c1ccc(F)cc1)C(=O)N1CCOC(c2ccccc2)C1. The number of nitrogens with one attached hydrogen (secondary N) is 1. The highest BCUT2D eigenvalue weighted by Crippen LogP contribution is 2.22. The molecule has 136 valence electrons. The van der Waals surface area contributed by atoms with E-state index in [1.807, 2.05) is 30.3 Å². The van der Waals surface area contributed by atoms with Gasteiger partial charge in [-0.05, 0) is 36.8 Å². The predicted octanol–water partition coefficient (Wildman–Crippen LogP) is 2.54. The lowest BCUT2D eigenvalue weighted by molar-refractivity contribution is -0.140. The average Bonchev–Trinajstić information content (AvgIpc) is 2.68. The van der Waals surface area contributed by atoms with Gasteiger partial charge < -0.3 is 15.0 Å². The number of hydrogen-bond acceptors (Lipinski definition) is 3. The van der Waals surface area contributed by atoms with Crippen LogP contribution < -0.4 is 5.32 Å². The summed E-state index contributed by atoms with van der Waals surface area (Å²) in [7, 11) is 0. The van der Waals surface area contributed by atoms with E-state index in [0.29, 0.717) is 25.3 Å². The van der Waals surface area contributed by atoms with Crippen molar-refractivity contribution in [3.05, 3.63) is 71.5 Å². The fraction of sp³-hybridized carbons (Fsp3) is 0.300. The van der Waals surface area contributed by atoms with Crippen LogP contribution in [0, 0.1) is 5.82 Å². The van der Waals surface area contributed by atoms with Crippen LogP contribution in [0.5, 0.6) is 0 Å². The zero-order valence-electron chi connectivity index (χ0n) is 14.5. The number of ether oxygens (including phenoxy) is 1. The highest BCUT2D eigenvalue weighted by molar-refractivity contribution is 5.97. The van der Waals surface area contributed by atoms with Crippen LogP contribution in [0.1, 0.15) is 28.9 Å². The lowest BCUT2D eigenvalue weighted by Crippen LogP contribution is -2.51. The molecule has 0 spiro atoms. The minimum Gasteiger partial charge on any atom is -0.370 e. The first-order valence-electron chi connectivity index (χ1n) is 8.56. The Hall–Kier alpha value is -2.73. The Morgan fingerprint density at radius 1 is 1.15 bits per heavy atom. The number of rotatable bonds is 4. The van der Waals surface area contributed by atoms with Crippen LogP contribution in [-0.2, 0) is 9.53 Å². The quantitative estimate of drug-likeness (QED) is 0.916. The number of halogens is 1. The minimum absolute atomic E-state index is 0.162. The second-order valence-corrected chi connectivity index (χ2v) is 6.26. The minimum atomic E-state index is -0.679. The maximum absolute atomic E-state index is 13.0. The van der Waals surface area contributed by atoms with Crippen molar-refractivity contribution in [1.82, 2.24) is 10.2 Å². The Morgan fingerprint density at radius 3 is 2.54 bits per heavy atom. The monoisotopic (exact) mass is 356 g/mol. The second kappa shape index (κ2) is 8.10. The molecule has 26 heavy (non-hydrogen) atoms. The lowest BCUT2D eigenvalue weighted by atomic mass is 10.1. The standard InChI is InChI=1S/C20H21FN2O3/c1-14(22-19(24)16-7-9-17(21)10-8-16)20(25)23-11-12-26-18(13-23)15-5-3-2-4-6-15/h2-10,14,18H,11-13H2,1H3,(H,22,24)/t14-,18?/m0/s1. The Bertz CT molecular complexity index is 764. The molecule has 1 aliphatic rings. The van der Waals surface area contributed by atoms with Crippen LogP contribution in [0.3, 0.4) is 0 Å². The maximum atomic E-state index is 13.0. The summed E-state index contributed by atoms with van der Waals surface area (Å²) in [6.07, 6.45) is -0.172. The normalized spacial score (nSPS) is 18.2. The molecule has 3 rings (SSSR count). The van der Waals surface area contributed by atoms with Gasteiger partial charge in [-0.1, -0.05) is 30.3 Å². The number of nitrogens with zero attached hydrogens (tertiary/aromatic N) is 1. The number of amides is 2. The Labute approximate surface area is 151 Å². The van der Waals surface area contributed by atoms with E-state index in [0.717, 1.165) is 5.56 Å². The van der Waals surface area contributed by atoms with Crippen molar-refractivity contribution in [2.24, 2.45) is 0 Å². The van der Waals surface area contributed by atoms with E-state index in [9.17, 15) is 14.0 Å². The van der Waals surface area contributed by atoms with Gasteiger partial charge in [0.05, 0.1) is 13.2 Å². The van der Waals surface area contributed by atoms with E-state index >= 15 is 0 Å². The van der Waals surface area contributed by atoms with Crippen LogP contribution in [0.4, 0.5) is 4.39 Å². The molecule has 1 unspecified atom stereocenters. The molecule has 1 N–H and O–H groups in total. The van der Waals surface area contributed by atoms with Crippen molar-refractivity contribution in [2.75, 3.05) is 19.7 Å². The summed E-state index contributed by atoms with van der Waals surface area (Å²) in [6, 6.07) is 14.3. The molecular weight excluding hydrogens is 335 g/mol. The van der Waals surface area contributed by atoms with Crippen molar-refractivity contribution in [2.45, 2.75) is 19.1 Å². The summed E-state index contributed by atoms with van der Waals surface area (Å²) in [5.41, 5.74) is 1.34. The molecule has 2 amide bonds. The maximum Gasteiger partial charge on any atom is 0.251 e. The van der Waals surface area contributed by atoms with Crippen LogP contribution in [0.15, 0.2) is 54.6 Å². The van der Waals surface area contributed by atoms with E-state index in [2.05, 4.69) is 5.32 Å². The van der Waals surface area contributed by atoms with Gasteiger partial charge in [-0.15, -0.1) is 0 Å². The molecule has 0 radical (unpaired) electrons. The van der Waals surface area contributed by atoms with Crippen molar-refractivity contribution in [3.8, 4) is 0 Å². The third-order valence-corrected chi connectivity index (χ3v) is 4.37. The predicted molar refractivity (Wildman–Crippen MR) is 95.0 cm³/mol. The smallest absolute Gasteiger partial charge is 0.251 e. The lowest BCUT2D eigenvalue weighted by Gasteiger charge is -2.34. The first-order chi connectivity index (χ1) is 12.5. The van der Waals surface area contributed by atoms with E-state index in [1.165, 1.54) is 24.3 Å². The molecule has 1 saturated heterocycles. The number of carbonyl (C=O) groups is 2. The molecule has 0 aromatic heterocycles. The van der Waals surface area contributed by atoms with Crippen LogP contribution in [0.2, 0.25) is 0 Å².